The molecule has 0 spiro atoms. The molecule has 0 saturated heterocycles. The van der Waals surface area contributed by atoms with Gasteiger partial charge in [0.2, 0.25) is 35.4 Å². The van der Waals surface area contributed by atoms with Crippen LogP contribution in [0.25, 0.3) is 0 Å². The number of aliphatic hydroxyl groups is 2. The molecule has 0 unspecified atom stereocenters. The number of aliphatic carboxylic acids is 2. The number of nitrogens with two attached hydrogens (primary N) is 3. The highest BCUT2D eigenvalue weighted by atomic mass is 16.4. The van der Waals surface area contributed by atoms with Crippen LogP contribution in [0.3, 0.4) is 0 Å². The normalized spacial score (nSPS) is 15.3. The minimum absolute atomic E-state index is 0.0232. The maximum Gasteiger partial charge on any atom is 0.326 e. The van der Waals surface area contributed by atoms with Gasteiger partial charge in [0, 0.05) is 24.9 Å². The lowest BCUT2D eigenvalue weighted by Crippen LogP contribution is -2.60. The number of guanidine groups is 1. The van der Waals surface area contributed by atoms with Gasteiger partial charge in [-0.15, -0.1) is 0 Å². The highest BCUT2D eigenvalue weighted by Crippen LogP contribution is 2.09. The van der Waals surface area contributed by atoms with E-state index in [2.05, 4.69) is 46.9 Å². The SMILES string of the molecule is CC(C)C[C@H](NC(=O)[C@H](Cc1cnc[nH]1)NC(=O)[C@H](CC(=O)O)NC(=O)[C@H](C)NC(=O)[C@@H](N)[C@@H](C)O)C(=O)N[C@@H](CO)C(=O)N[C@@H](CCCN=C(N)N)C(=O)O. The van der Waals surface area contributed by atoms with Crippen LogP contribution in [0.5, 0.6) is 0 Å². The number of aliphatic imine (C=N–C) groups is 1. The number of aromatic nitrogens is 2. The third-order valence-corrected chi connectivity index (χ3v) is 7.91. The van der Waals surface area contributed by atoms with Gasteiger partial charge in [0.25, 0.3) is 0 Å². The zero-order chi connectivity index (χ0) is 42.7. The Morgan fingerprint density at radius 1 is 0.768 bits per heavy atom. The molecule has 56 heavy (non-hydrogen) atoms. The number of nitrogens with zero attached hydrogens (tertiary/aromatic N) is 2. The van der Waals surface area contributed by atoms with Crippen molar-refractivity contribution < 1.29 is 58.8 Å². The van der Waals surface area contributed by atoms with Crippen LogP contribution >= 0.6 is 0 Å². The van der Waals surface area contributed by atoms with Crippen molar-refractivity contribution in [3.63, 3.8) is 0 Å². The number of rotatable bonds is 25. The number of H-pyrrole nitrogens is 1. The van der Waals surface area contributed by atoms with Crippen LogP contribution in [0, 0.1) is 5.92 Å². The summed E-state index contributed by atoms with van der Waals surface area (Å²) in [5, 5.41) is 52.4. The first-order valence-corrected chi connectivity index (χ1v) is 17.5. The van der Waals surface area contributed by atoms with E-state index in [1.807, 2.05) is 0 Å². The van der Waals surface area contributed by atoms with Crippen molar-refractivity contribution in [2.75, 3.05) is 13.2 Å². The lowest BCUT2D eigenvalue weighted by Gasteiger charge is -2.27. The molecule has 0 aliphatic rings. The van der Waals surface area contributed by atoms with E-state index in [1.165, 1.54) is 26.4 Å². The van der Waals surface area contributed by atoms with Crippen molar-refractivity contribution in [3.8, 4) is 0 Å². The van der Waals surface area contributed by atoms with E-state index in [0.29, 0.717) is 5.69 Å². The van der Waals surface area contributed by atoms with Crippen LogP contribution in [0.2, 0.25) is 0 Å². The van der Waals surface area contributed by atoms with Crippen molar-refractivity contribution in [3.05, 3.63) is 18.2 Å². The van der Waals surface area contributed by atoms with Crippen LogP contribution in [0.15, 0.2) is 17.5 Å². The predicted octanol–water partition coefficient (Wildman–Crippen LogP) is -5.76. The Morgan fingerprint density at radius 2 is 1.30 bits per heavy atom. The second-order valence-electron chi connectivity index (χ2n) is 13.3. The molecule has 0 radical (unpaired) electrons. The summed E-state index contributed by atoms with van der Waals surface area (Å²) in [5.41, 5.74) is 16.4. The topological polar surface area (TPSA) is 409 Å². The van der Waals surface area contributed by atoms with Gasteiger partial charge in [0.1, 0.15) is 42.3 Å². The van der Waals surface area contributed by atoms with Crippen LogP contribution in [-0.2, 0) is 44.8 Å². The third-order valence-electron chi connectivity index (χ3n) is 7.91. The largest absolute Gasteiger partial charge is 0.481 e. The van der Waals surface area contributed by atoms with Gasteiger partial charge in [0.05, 0.1) is 25.5 Å². The maximum absolute atomic E-state index is 13.8. The maximum atomic E-state index is 13.8. The Balaban J connectivity index is 3.23. The predicted molar refractivity (Wildman–Crippen MR) is 196 cm³/mol. The fourth-order valence-electron chi connectivity index (χ4n) is 4.85. The molecule has 0 saturated carbocycles. The molecule has 0 aliphatic heterocycles. The number of amides is 6. The summed E-state index contributed by atoms with van der Waals surface area (Å²) >= 11 is 0. The Kier molecular flexibility index (Phi) is 20.5. The lowest BCUT2D eigenvalue weighted by molar-refractivity contribution is -0.143. The van der Waals surface area contributed by atoms with Gasteiger partial charge in [0.15, 0.2) is 5.96 Å². The van der Waals surface area contributed by atoms with E-state index in [1.54, 1.807) is 13.8 Å². The van der Waals surface area contributed by atoms with E-state index in [0.717, 1.165) is 0 Å². The van der Waals surface area contributed by atoms with E-state index in [9.17, 15) is 58.8 Å². The van der Waals surface area contributed by atoms with Crippen molar-refractivity contribution in [2.45, 2.75) is 108 Å². The van der Waals surface area contributed by atoms with Gasteiger partial charge in [-0.25, -0.2) is 9.78 Å². The molecule has 6 amide bonds. The minimum atomic E-state index is -1.78. The number of hydrogen-bond acceptors (Lipinski definition) is 13. The number of aromatic amines is 1. The summed E-state index contributed by atoms with van der Waals surface area (Å²) in [6, 6.07) is -10.5. The van der Waals surface area contributed by atoms with Crippen LogP contribution in [0.4, 0.5) is 0 Å². The molecular weight excluding hydrogens is 744 g/mol. The Bertz CT molecular complexity index is 1530. The fraction of sp³-hybridized carbons (Fsp3) is 0.625. The molecular formula is C32H54N12O12. The second-order valence-corrected chi connectivity index (χ2v) is 13.3. The number of aliphatic hydroxyl groups excluding tert-OH is 2. The van der Waals surface area contributed by atoms with Gasteiger partial charge in [-0.2, -0.15) is 0 Å². The Morgan fingerprint density at radius 3 is 1.82 bits per heavy atom. The van der Waals surface area contributed by atoms with Gasteiger partial charge >= 0.3 is 11.9 Å². The third kappa shape index (κ3) is 17.5. The highest BCUT2D eigenvalue weighted by Gasteiger charge is 2.34. The monoisotopic (exact) mass is 798 g/mol. The number of carboxylic acid groups (broad SMARTS) is 2. The summed E-state index contributed by atoms with van der Waals surface area (Å²) in [4.78, 5) is 112. The number of carboxylic acids is 2. The first-order chi connectivity index (χ1) is 26.2. The van der Waals surface area contributed by atoms with Crippen LogP contribution in [0.1, 0.15) is 59.1 Å². The molecule has 24 nitrogen and oxygen atoms in total. The van der Waals surface area contributed by atoms with E-state index < -0.39 is 109 Å². The molecule has 0 aromatic carbocycles. The van der Waals surface area contributed by atoms with Crippen molar-refractivity contribution in [2.24, 2.45) is 28.1 Å². The average Bonchev–Trinajstić information content (AvgIpc) is 3.62. The molecule has 1 aromatic heterocycles. The standard InChI is InChI=1S/C32H54N12O12/c1-14(2)8-19(26(50)44-22(12-45)29(53)40-18(31(55)56)6-5-7-37-32(34)35)42-27(51)20(9-17-11-36-13-38-17)43-28(52)21(10-23(47)48)41-25(49)15(3)39-30(54)24(33)16(4)46/h11,13-16,18-22,24,45-46H,5-10,12,33H2,1-4H3,(H,36,38)(H,39,54)(H,40,53)(H,41,49)(H,42,51)(H,43,52)(H,44,50)(H,47,48)(H,55,56)(H4,34,35,37)/t15-,16+,18-,19-,20-,21-,22-,24-/m0/s1. The lowest BCUT2D eigenvalue weighted by atomic mass is 10.0. The average molecular weight is 799 g/mol. The molecule has 0 bridgehead atoms. The van der Waals surface area contributed by atoms with Crippen LogP contribution in [-0.4, -0.2) is 145 Å². The molecule has 0 fully saturated rings. The quantitative estimate of drug-likeness (QED) is 0.0249. The second kappa shape index (κ2) is 23.8. The van der Waals surface area contributed by atoms with Crippen LogP contribution < -0.4 is 49.1 Å². The summed E-state index contributed by atoms with van der Waals surface area (Å²) < 4.78 is 0. The molecule has 8 atom stereocenters. The molecule has 0 aliphatic carbocycles. The Labute approximate surface area is 321 Å². The molecule has 1 rings (SSSR count). The highest BCUT2D eigenvalue weighted by molar-refractivity contribution is 5.98. The fourth-order valence-corrected chi connectivity index (χ4v) is 4.85. The molecule has 17 N–H and O–H groups in total. The molecule has 1 aromatic rings. The summed E-state index contributed by atoms with van der Waals surface area (Å²) in [6.07, 6.45) is 0.191. The zero-order valence-corrected chi connectivity index (χ0v) is 31.5. The number of hydrogen-bond donors (Lipinski definition) is 14. The number of carbonyl (C=O) groups excluding carboxylic acids is 6. The molecule has 24 heteroatoms. The summed E-state index contributed by atoms with van der Waals surface area (Å²) in [7, 11) is 0. The van der Waals surface area contributed by atoms with Crippen molar-refractivity contribution >= 4 is 53.3 Å². The van der Waals surface area contributed by atoms with Gasteiger partial charge in [-0.1, -0.05) is 13.8 Å². The van der Waals surface area contributed by atoms with E-state index in [4.69, 9.17) is 17.2 Å². The molecule has 1 heterocycles. The first kappa shape index (κ1) is 48.1. The van der Waals surface area contributed by atoms with Gasteiger partial charge in [-0.05, 0) is 39.0 Å². The smallest absolute Gasteiger partial charge is 0.326 e. The first-order valence-electron chi connectivity index (χ1n) is 17.5. The zero-order valence-electron chi connectivity index (χ0n) is 31.5. The van der Waals surface area contributed by atoms with Crippen molar-refractivity contribution in [1.82, 2.24) is 41.9 Å². The molecule has 314 valence electrons. The number of imidazole rings is 1. The van der Waals surface area contributed by atoms with E-state index in [-0.39, 0.29) is 44.1 Å². The van der Waals surface area contributed by atoms with Gasteiger partial charge < -0.3 is 74.5 Å². The number of nitrogens with one attached hydrogen (secondary N) is 7. The van der Waals surface area contributed by atoms with Gasteiger partial charge in [-0.3, -0.25) is 38.6 Å². The summed E-state index contributed by atoms with van der Waals surface area (Å²) in [5.74, 6) is -9.34. The summed E-state index contributed by atoms with van der Waals surface area (Å²) in [6.45, 7) is 5.03. The van der Waals surface area contributed by atoms with E-state index >= 15 is 0 Å². The Hall–Kier alpha value is -5.88. The minimum Gasteiger partial charge on any atom is -0.481 e. The van der Waals surface area contributed by atoms with Crippen molar-refractivity contribution in [1.29, 1.82) is 0 Å². The number of carbonyl (C=O) groups is 8.